The van der Waals surface area contributed by atoms with Crippen LogP contribution in [-0.4, -0.2) is 56.0 Å². The molecule has 19 heavy (non-hydrogen) atoms. The van der Waals surface area contributed by atoms with Gasteiger partial charge in [-0.1, -0.05) is 20.8 Å². The zero-order valence-electron chi connectivity index (χ0n) is 13.3. The molecule has 114 valence electrons. The fourth-order valence-corrected chi connectivity index (χ4v) is 3.37. The summed E-state index contributed by atoms with van der Waals surface area (Å²) in [6.45, 7) is 12.2. The van der Waals surface area contributed by atoms with Gasteiger partial charge in [0, 0.05) is 31.8 Å². The molecule has 0 aliphatic carbocycles. The molecule has 0 radical (unpaired) electrons. The lowest BCUT2D eigenvalue weighted by atomic mass is 9.81. The Morgan fingerprint density at radius 3 is 2.58 bits per heavy atom. The summed E-state index contributed by atoms with van der Waals surface area (Å²) in [6, 6.07) is 0.393. The van der Waals surface area contributed by atoms with Crippen molar-refractivity contribution in [2.24, 2.45) is 11.7 Å². The lowest BCUT2D eigenvalue weighted by Gasteiger charge is -2.50. The highest BCUT2D eigenvalue weighted by Crippen LogP contribution is 2.34. The first-order valence-corrected chi connectivity index (χ1v) is 7.58. The van der Waals surface area contributed by atoms with Crippen LogP contribution in [0, 0.1) is 5.92 Å². The number of nitrogens with two attached hydrogens (primary N) is 1. The fourth-order valence-electron chi connectivity index (χ4n) is 3.37. The molecule has 0 aromatic rings. The smallest absolute Gasteiger partial charge is 0.0616 e. The van der Waals surface area contributed by atoms with Crippen LogP contribution in [0.5, 0.6) is 0 Å². The maximum Gasteiger partial charge on any atom is 0.0616 e. The van der Waals surface area contributed by atoms with Gasteiger partial charge in [-0.3, -0.25) is 4.90 Å². The molecule has 0 saturated carbocycles. The normalized spacial score (nSPS) is 30.0. The van der Waals surface area contributed by atoms with Crippen LogP contribution < -0.4 is 5.73 Å². The Morgan fingerprint density at radius 1 is 1.42 bits per heavy atom. The SMILES string of the molecule is CCN(C(C)COC)C1(CN)CCOC(C(C)C)C1. The van der Waals surface area contributed by atoms with E-state index in [1.165, 1.54) is 0 Å². The van der Waals surface area contributed by atoms with E-state index < -0.39 is 0 Å². The Balaban J connectivity index is 2.87. The van der Waals surface area contributed by atoms with Gasteiger partial charge in [-0.05, 0) is 32.2 Å². The van der Waals surface area contributed by atoms with Crippen molar-refractivity contribution in [1.82, 2.24) is 4.90 Å². The topological polar surface area (TPSA) is 47.7 Å². The molecular formula is C15H32N2O2. The molecule has 3 unspecified atom stereocenters. The highest BCUT2D eigenvalue weighted by molar-refractivity contribution is 4.98. The van der Waals surface area contributed by atoms with E-state index in [9.17, 15) is 0 Å². The minimum atomic E-state index is 0.0693. The number of hydrogen-bond donors (Lipinski definition) is 1. The van der Waals surface area contributed by atoms with Crippen molar-refractivity contribution in [2.45, 2.75) is 58.2 Å². The second-order valence-electron chi connectivity index (χ2n) is 6.13. The Bertz CT molecular complexity index is 261. The number of hydrogen-bond acceptors (Lipinski definition) is 4. The van der Waals surface area contributed by atoms with Crippen LogP contribution in [0.4, 0.5) is 0 Å². The van der Waals surface area contributed by atoms with E-state index in [1.807, 2.05) is 0 Å². The molecule has 0 aromatic heterocycles. The van der Waals surface area contributed by atoms with Crippen LogP contribution in [0.1, 0.15) is 40.5 Å². The number of rotatable bonds is 7. The first-order chi connectivity index (χ1) is 9.00. The third kappa shape index (κ3) is 3.91. The molecule has 1 fully saturated rings. The third-order valence-electron chi connectivity index (χ3n) is 4.49. The first kappa shape index (κ1) is 16.9. The molecule has 1 aliphatic rings. The van der Waals surface area contributed by atoms with E-state index in [0.29, 0.717) is 24.6 Å². The predicted molar refractivity (Wildman–Crippen MR) is 79.3 cm³/mol. The van der Waals surface area contributed by atoms with Crippen molar-refractivity contribution in [3.8, 4) is 0 Å². The van der Waals surface area contributed by atoms with Crippen molar-refractivity contribution >= 4 is 0 Å². The standard InChI is InChI=1S/C15H32N2O2/c1-6-17(13(4)10-18-5)15(11-16)7-8-19-14(9-15)12(2)3/h12-14H,6-11,16H2,1-5H3. The average molecular weight is 272 g/mol. The molecule has 0 aromatic carbocycles. The minimum Gasteiger partial charge on any atom is -0.383 e. The molecule has 3 atom stereocenters. The van der Waals surface area contributed by atoms with Gasteiger partial charge in [0.15, 0.2) is 0 Å². The molecule has 1 aliphatic heterocycles. The number of methoxy groups -OCH3 is 1. The van der Waals surface area contributed by atoms with E-state index in [0.717, 1.165) is 32.6 Å². The molecule has 0 spiro atoms. The van der Waals surface area contributed by atoms with E-state index in [2.05, 4.69) is 32.6 Å². The summed E-state index contributed by atoms with van der Waals surface area (Å²) in [5.74, 6) is 0.544. The Labute approximate surface area is 118 Å². The predicted octanol–water partition coefficient (Wildman–Crippen LogP) is 1.88. The second-order valence-corrected chi connectivity index (χ2v) is 6.13. The highest BCUT2D eigenvalue weighted by Gasteiger charge is 2.42. The van der Waals surface area contributed by atoms with E-state index in [1.54, 1.807) is 7.11 Å². The van der Waals surface area contributed by atoms with Gasteiger partial charge in [-0.25, -0.2) is 0 Å². The van der Waals surface area contributed by atoms with E-state index in [-0.39, 0.29) is 5.54 Å². The highest BCUT2D eigenvalue weighted by atomic mass is 16.5. The van der Waals surface area contributed by atoms with Crippen LogP contribution in [0.15, 0.2) is 0 Å². The quantitative estimate of drug-likeness (QED) is 0.768. The zero-order chi connectivity index (χ0) is 14.5. The van der Waals surface area contributed by atoms with Crippen molar-refractivity contribution in [3.63, 3.8) is 0 Å². The lowest BCUT2D eigenvalue weighted by molar-refractivity contribution is -0.101. The van der Waals surface area contributed by atoms with Crippen molar-refractivity contribution < 1.29 is 9.47 Å². The van der Waals surface area contributed by atoms with Crippen LogP contribution in [0.3, 0.4) is 0 Å². The molecule has 4 nitrogen and oxygen atoms in total. The largest absolute Gasteiger partial charge is 0.383 e. The van der Waals surface area contributed by atoms with Crippen molar-refractivity contribution in [1.29, 1.82) is 0 Å². The molecule has 0 amide bonds. The van der Waals surface area contributed by atoms with Gasteiger partial charge in [0.25, 0.3) is 0 Å². The van der Waals surface area contributed by atoms with E-state index in [4.69, 9.17) is 15.2 Å². The summed E-state index contributed by atoms with van der Waals surface area (Å²) in [4.78, 5) is 2.52. The average Bonchev–Trinajstić information content (AvgIpc) is 2.40. The van der Waals surface area contributed by atoms with E-state index >= 15 is 0 Å². The van der Waals surface area contributed by atoms with Gasteiger partial charge < -0.3 is 15.2 Å². The molecule has 0 bridgehead atoms. The van der Waals surface area contributed by atoms with Gasteiger partial charge in [0.2, 0.25) is 0 Å². The zero-order valence-corrected chi connectivity index (χ0v) is 13.3. The third-order valence-corrected chi connectivity index (χ3v) is 4.49. The number of nitrogens with zero attached hydrogens (tertiary/aromatic N) is 1. The van der Waals surface area contributed by atoms with Gasteiger partial charge >= 0.3 is 0 Å². The lowest BCUT2D eigenvalue weighted by Crippen LogP contribution is -2.62. The van der Waals surface area contributed by atoms with Gasteiger partial charge in [0.1, 0.15) is 0 Å². The van der Waals surface area contributed by atoms with Gasteiger partial charge in [-0.2, -0.15) is 0 Å². The molecule has 1 rings (SSSR count). The number of likely N-dealkylation sites (N-methyl/N-ethyl adjacent to an activating group) is 1. The fraction of sp³-hybridized carbons (Fsp3) is 1.00. The molecule has 4 heteroatoms. The Hall–Kier alpha value is -0.160. The van der Waals surface area contributed by atoms with Gasteiger partial charge in [0.05, 0.1) is 12.7 Å². The van der Waals surface area contributed by atoms with Gasteiger partial charge in [-0.15, -0.1) is 0 Å². The van der Waals surface area contributed by atoms with Crippen LogP contribution in [0.2, 0.25) is 0 Å². The number of ether oxygens (including phenoxy) is 2. The minimum absolute atomic E-state index is 0.0693. The molecular weight excluding hydrogens is 240 g/mol. The summed E-state index contributed by atoms with van der Waals surface area (Å²) >= 11 is 0. The van der Waals surface area contributed by atoms with Crippen molar-refractivity contribution in [3.05, 3.63) is 0 Å². The molecule has 2 N–H and O–H groups in total. The maximum atomic E-state index is 6.17. The summed E-state index contributed by atoms with van der Waals surface area (Å²) in [6.07, 6.45) is 2.37. The molecule has 1 heterocycles. The van der Waals surface area contributed by atoms with Crippen LogP contribution in [0.25, 0.3) is 0 Å². The second kappa shape index (κ2) is 7.58. The molecule has 1 saturated heterocycles. The Morgan fingerprint density at radius 2 is 2.11 bits per heavy atom. The summed E-state index contributed by atoms with van der Waals surface area (Å²) in [5, 5.41) is 0. The summed E-state index contributed by atoms with van der Waals surface area (Å²) < 4.78 is 11.2. The van der Waals surface area contributed by atoms with Crippen LogP contribution in [-0.2, 0) is 9.47 Å². The monoisotopic (exact) mass is 272 g/mol. The Kier molecular flexibility index (Phi) is 6.74. The maximum absolute atomic E-state index is 6.17. The van der Waals surface area contributed by atoms with Crippen molar-refractivity contribution in [2.75, 3.05) is 33.4 Å². The van der Waals surface area contributed by atoms with Crippen LogP contribution >= 0.6 is 0 Å². The first-order valence-electron chi connectivity index (χ1n) is 7.58. The summed E-state index contributed by atoms with van der Waals surface area (Å²) in [7, 11) is 1.76. The summed E-state index contributed by atoms with van der Waals surface area (Å²) in [5.41, 5.74) is 6.24.